The molecule has 53 heavy (non-hydrogen) atoms. The monoisotopic (exact) mass is 738 g/mol. The topological polar surface area (TPSA) is 18.5 Å². The predicted octanol–water partition coefficient (Wildman–Crippen LogP) is 15.2. The highest BCUT2D eigenvalue weighted by molar-refractivity contribution is 7.19. The SMILES string of the molecule is CCCC1(CCC)c2cc(-c3ccc(-c4ccc(OCCC(C)C)cc4)s3)ccc2-c2ccc(-c3ccc(-c4ccc(OCCC(C)C)cc4)s3)cc21. The third kappa shape index (κ3) is 8.05. The quantitative estimate of drug-likeness (QED) is 0.0984. The molecule has 0 radical (unpaired) electrons. The van der Waals surface area contributed by atoms with E-state index < -0.39 is 0 Å². The van der Waals surface area contributed by atoms with Gasteiger partial charge in [0.25, 0.3) is 0 Å². The molecule has 274 valence electrons. The molecule has 0 spiro atoms. The van der Waals surface area contributed by atoms with E-state index in [1.165, 1.54) is 64.0 Å². The van der Waals surface area contributed by atoms with Gasteiger partial charge in [0.1, 0.15) is 11.5 Å². The third-order valence-corrected chi connectivity index (χ3v) is 13.1. The Morgan fingerprint density at radius 2 is 0.830 bits per heavy atom. The average molecular weight is 739 g/mol. The lowest BCUT2D eigenvalue weighted by molar-refractivity contribution is 0.289. The van der Waals surface area contributed by atoms with Crippen molar-refractivity contribution in [2.45, 2.75) is 85.5 Å². The third-order valence-electron chi connectivity index (χ3n) is 10.7. The van der Waals surface area contributed by atoms with Crippen molar-refractivity contribution in [3.63, 3.8) is 0 Å². The van der Waals surface area contributed by atoms with Crippen LogP contribution >= 0.6 is 22.7 Å². The second-order valence-corrected chi connectivity index (χ2v) is 17.7. The van der Waals surface area contributed by atoms with E-state index in [0.717, 1.165) is 63.2 Å². The molecule has 0 bridgehead atoms. The first-order valence-corrected chi connectivity index (χ1v) is 21.4. The van der Waals surface area contributed by atoms with Crippen molar-refractivity contribution in [1.82, 2.24) is 0 Å². The van der Waals surface area contributed by atoms with Crippen LogP contribution < -0.4 is 9.47 Å². The maximum atomic E-state index is 5.98. The molecule has 6 aromatic rings. The van der Waals surface area contributed by atoms with Crippen molar-refractivity contribution in [3.8, 4) is 64.4 Å². The van der Waals surface area contributed by atoms with E-state index in [1.54, 1.807) is 0 Å². The van der Waals surface area contributed by atoms with Gasteiger partial charge in [0.2, 0.25) is 0 Å². The first-order valence-electron chi connectivity index (χ1n) is 19.7. The second-order valence-electron chi connectivity index (χ2n) is 15.5. The number of benzene rings is 4. The summed E-state index contributed by atoms with van der Waals surface area (Å²) in [6.07, 6.45) is 6.73. The van der Waals surface area contributed by atoms with E-state index >= 15 is 0 Å². The van der Waals surface area contributed by atoms with E-state index in [0.29, 0.717) is 11.8 Å². The van der Waals surface area contributed by atoms with Gasteiger partial charge in [-0.3, -0.25) is 0 Å². The minimum atomic E-state index is 0.0111. The van der Waals surface area contributed by atoms with Crippen LogP contribution in [0.25, 0.3) is 52.9 Å². The minimum absolute atomic E-state index is 0.0111. The van der Waals surface area contributed by atoms with Gasteiger partial charge in [-0.15, -0.1) is 22.7 Å². The Morgan fingerprint density at radius 1 is 0.472 bits per heavy atom. The maximum absolute atomic E-state index is 5.98. The normalized spacial score (nSPS) is 13.1. The van der Waals surface area contributed by atoms with Crippen LogP contribution in [-0.4, -0.2) is 13.2 Å². The summed E-state index contributed by atoms with van der Waals surface area (Å²) in [6, 6.07) is 40.9. The van der Waals surface area contributed by atoms with Crippen LogP contribution in [0.3, 0.4) is 0 Å². The smallest absolute Gasteiger partial charge is 0.119 e. The summed E-state index contributed by atoms with van der Waals surface area (Å²) in [6.45, 7) is 15.2. The fourth-order valence-electron chi connectivity index (χ4n) is 7.87. The molecule has 1 aliphatic carbocycles. The lowest BCUT2D eigenvalue weighted by Crippen LogP contribution is -2.25. The van der Waals surface area contributed by atoms with Gasteiger partial charge in [-0.25, -0.2) is 0 Å². The van der Waals surface area contributed by atoms with Gasteiger partial charge in [0.05, 0.1) is 13.2 Å². The number of hydrogen-bond acceptors (Lipinski definition) is 4. The highest BCUT2D eigenvalue weighted by atomic mass is 32.1. The molecule has 0 amide bonds. The molecule has 2 heterocycles. The van der Waals surface area contributed by atoms with Crippen LogP contribution in [0.4, 0.5) is 0 Å². The number of hydrogen-bond donors (Lipinski definition) is 0. The molecule has 0 fully saturated rings. The maximum Gasteiger partial charge on any atom is 0.119 e. The highest BCUT2D eigenvalue weighted by Gasteiger charge is 2.42. The molecule has 4 heteroatoms. The zero-order chi connectivity index (χ0) is 37.0. The number of fused-ring (bicyclic) bond motifs is 3. The summed E-state index contributed by atoms with van der Waals surface area (Å²) in [5.41, 5.74) is 11.0. The van der Waals surface area contributed by atoms with Gasteiger partial charge in [0, 0.05) is 24.9 Å². The zero-order valence-corrected chi connectivity index (χ0v) is 34.0. The van der Waals surface area contributed by atoms with Crippen molar-refractivity contribution in [2.24, 2.45) is 11.8 Å². The lowest BCUT2D eigenvalue weighted by atomic mass is 9.71. The molecule has 0 N–H and O–H groups in total. The van der Waals surface area contributed by atoms with Crippen LogP contribution in [-0.2, 0) is 5.41 Å². The van der Waals surface area contributed by atoms with Crippen molar-refractivity contribution in [1.29, 1.82) is 0 Å². The van der Waals surface area contributed by atoms with Crippen LogP contribution in [0, 0.1) is 11.8 Å². The Bertz CT molecular complexity index is 1960. The first kappa shape index (κ1) is 37.2. The van der Waals surface area contributed by atoms with Gasteiger partial charge in [-0.1, -0.05) is 78.6 Å². The summed E-state index contributed by atoms with van der Waals surface area (Å²) in [5.74, 6) is 3.19. The standard InChI is InChI=1S/C49H54O2S2/c1-7-27-49(28-8-2)43-31-37(47-23-21-45(52-47)35-9-15-39(16-10-35)50-29-25-33(3)4)13-19-41(43)42-20-14-38(32-44(42)49)48-24-22-46(53-48)36-11-17-40(18-12-36)51-30-26-34(5)6/h9-24,31-34H,7-8,25-30H2,1-6H3. The Balaban J connectivity index is 1.15. The molecule has 2 aromatic heterocycles. The molecule has 0 aliphatic heterocycles. The Hall–Kier alpha value is -4.12. The summed E-state index contributed by atoms with van der Waals surface area (Å²) in [5, 5.41) is 0. The van der Waals surface area contributed by atoms with Gasteiger partial charge in [-0.2, -0.15) is 0 Å². The summed E-state index contributed by atoms with van der Waals surface area (Å²) in [7, 11) is 0. The number of rotatable bonds is 16. The van der Waals surface area contributed by atoms with Crippen LogP contribution in [0.2, 0.25) is 0 Å². The Labute approximate surface area is 325 Å². The Kier molecular flexibility index (Phi) is 11.6. The van der Waals surface area contributed by atoms with E-state index in [2.05, 4.69) is 151 Å². The van der Waals surface area contributed by atoms with E-state index in [9.17, 15) is 0 Å². The first-order chi connectivity index (χ1) is 25.8. The molecule has 1 aliphatic rings. The molecule has 4 aromatic carbocycles. The molecular formula is C49H54O2S2. The molecular weight excluding hydrogens is 685 g/mol. The van der Waals surface area contributed by atoms with E-state index in [-0.39, 0.29) is 5.41 Å². The molecule has 2 nitrogen and oxygen atoms in total. The van der Waals surface area contributed by atoms with Crippen LogP contribution in [0.15, 0.2) is 109 Å². The predicted molar refractivity (Wildman–Crippen MR) is 230 cm³/mol. The zero-order valence-electron chi connectivity index (χ0n) is 32.3. The summed E-state index contributed by atoms with van der Waals surface area (Å²) >= 11 is 3.76. The minimum Gasteiger partial charge on any atom is -0.494 e. The van der Waals surface area contributed by atoms with Crippen LogP contribution in [0.1, 0.15) is 91.2 Å². The number of thiophene rings is 2. The average Bonchev–Trinajstić information content (AvgIpc) is 3.91. The van der Waals surface area contributed by atoms with Crippen molar-refractivity contribution in [2.75, 3.05) is 13.2 Å². The summed E-state index contributed by atoms with van der Waals surface area (Å²) in [4.78, 5) is 5.22. The van der Waals surface area contributed by atoms with Gasteiger partial charge in [-0.05, 0) is 167 Å². The number of ether oxygens (including phenoxy) is 2. The summed E-state index contributed by atoms with van der Waals surface area (Å²) < 4.78 is 12.0. The van der Waals surface area contributed by atoms with Crippen molar-refractivity contribution in [3.05, 3.63) is 120 Å². The van der Waals surface area contributed by atoms with E-state index in [4.69, 9.17) is 9.47 Å². The van der Waals surface area contributed by atoms with Gasteiger partial charge < -0.3 is 9.47 Å². The van der Waals surface area contributed by atoms with Gasteiger partial charge >= 0.3 is 0 Å². The van der Waals surface area contributed by atoms with Crippen molar-refractivity contribution >= 4 is 22.7 Å². The second kappa shape index (κ2) is 16.5. The molecule has 0 saturated heterocycles. The lowest BCUT2D eigenvalue weighted by Gasteiger charge is -2.32. The Morgan fingerprint density at radius 3 is 1.19 bits per heavy atom. The molecule has 0 unspecified atom stereocenters. The highest BCUT2D eigenvalue weighted by Crippen LogP contribution is 2.56. The molecule has 7 rings (SSSR count). The fourth-order valence-corrected chi connectivity index (χ4v) is 9.89. The molecule has 0 atom stereocenters. The largest absolute Gasteiger partial charge is 0.494 e. The molecule has 0 saturated carbocycles. The van der Waals surface area contributed by atoms with E-state index in [1.807, 2.05) is 22.7 Å². The van der Waals surface area contributed by atoms with Crippen molar-refractivity contribution < 1.29 is 9.47 Å². The van der Waals surface area contributed by atoms with Gasteiger partial charge in [0.15, 0.2) is 0 Å². The van der Waals surface area contributed by atoms with Crippen LogP contribution in [0.5, 0.6) is 11.5 Å². The fraction of sp³-hybridized carbons (Fsp3) is 0.347.